The summed E-state index contributed by atoms with van der Waals surface area (Å²) < 4.78 is 5.39. The normalized spacial score (nSPS) is 30.5. The molecule has 3 aliphatic rings. The molecule has 0 aromatic rings. The highest BCUT2D eigenvalue weighted by Crippen LogP contribution is 2.24. The second kappa shape index (κ2) is 3.67. The minimum Gasteiger partial charge on any atom is -0.444 e. The number of carbonyl (C=O) groups is 1. The van der Waals surface area contributed by atoms with Crippen molar-refractivity contribution in [2.45, 2.75) is 51.3 Å². The van der Waals surface area contributed by atoms with Crippen LogP contribution < -0.4 is 5.32 Å². The molecule has 3 aliphatic heterocycles. The molecular weight excluding hydrogens is 192 g/mol. The number of amides is 1. The van der Waals surface area contributed by atoms with Crippen LogP contribution in [-0.2, 0) is 4.74 Å². The van der Waals surface area contributed by atoms with Crippen molar-refractivity contribution in [3.63, 3.8) is 0 Å². The molecule has 86 valence electrons. The van der Waals surface area contributed by atoms with E-state index in [0.717, 1.165) is 19.5 Å². The summed E-state index contributed by atoms with van der Waals surface area (Å²) in [6, 6.07) is 0.812. The topological polar surface area (TPSA) is 41.6 Å². The largest absolute Gasteiger partial charge is 0.444 e. The number of nitrogens with zero attached hydrogens (tertiary/aromatic N) is 1. The molecule has 3 rings (SSSR count). The number of ether oxygens (including phenoxy) is 1. The summed E-state index contributed by atoms with van der Waals surface area (Å²) in [5.74, 6) is 0. The number of carbonyl (C=O) groups excluding carboxylic acids is 1. The van der Waals surface area contributed by atoms with Crippen LogP contribution in [0.2, 0.25) is 0 Å². The fourth-order valence-corrected chi connectivity index (χ4v) is 2.25. The van der Waals surface area contributed by atoms with Gasteiger partial charge in [-0.05, 0) is 33.6 Å². The second-order valence-electron chi connectivity index (χ2n) is 5.47. The Morgan fingerprint density at radius 1 is 1.40 bits per heavy atom. The molecule has 3 fully saturated rings. The molecule has 4 nitrogen and oxygen atoms in total. The average Bonchev–Trinajstić information content (AvgIpc) is 2.17. The third-order valence-electron chi connectivity index (χ3n) is 2.98. The maximum Gasteiger partial charge on any atom is 0.410 e. The van der Waals surface area contributed by atoms with Crippen LogP contribution in [0, 0.1) is 0 Å². The Morgan fingerprint density at radius 2 is 2.13 bits per heavy atom. The lowest BCUT2D eigenvalue weighted by Crippen LogP contribution is -2.62. The van der Waals surface area contributed by atoms with Crippen LogP contribution in [0.25, 0.3) is 0 Å². The van der Waals surface area contributed by atoms with E-state index < -0.39 is 0 Å². The monoisotopic (exact) mass is 212 g/mol. The highest BCUT2D eigenvalue weighted by atomic mass is 16.6. The second-order valence-corrected chi connectivity index (χ2v) is 5.47. The summed E-state index contributed by atoms with van der Waals surface area (Å²) in [5, 5.41) is 3.42. The standard InChI is InChI=1S/C11H20N2O2/c1-11(2,3)15-10(14)13-7-8-4-5-9(13)6-12-8/h8-9,12H,4-7H2,1-3H3/t8-,9+/m1/s1. The number of piperidine rings is 2. The maximum absolute atomic E-state index is 11.9. The predicted molar refractivity (Wildman–Crippen MR) is 57.8 cm³/mol. The van der Waals surface area contributed by atoms with Crippen LogP contribution in [-0.4, -0.2) is 41.8 Å². The molecule has 15 heavy (non-hydrogen) atoms. The van der Waals surface area contributed by atoms with E-state index in [1.54, 1.807) is 0 Å². The van der Waals surface area contributed by atoms with E-state index in [1.165, 1.54) is 6.42 Å². The minimum absolute atomic E-state index is 0.154. The first kappa shape index (κ1) is 10.7. The number of fused-ring (bicyclic) bond motifs is 3. The zero-order valence-electron chi connectivity index (χ0n) is 9.75. The molecule has 3 heterocycles. The van der Waals surface area contributed by atoms with Crippen LogP contribution in [0.4, 0.5) is 4.79 Å². The first-order valence-electron chi connectivity index (χ1n) is 5.69. The van der Waals surface area contributed by atoms with Gasteiger partial charge in [0.05, 0.1) is 0 Å². The molecular formula is C11H20N2O2. The van der Waals surface area contributed by atoms with Gasteiger partial charge < -0.3 is 15.0 Å². The molecule has 1 amide bonds. The van der Waals surface area contributed by atoms with Crippen LogP contribution in [0.15, 0.2) is 0 Å². The zero-order valence-corrected chi connectivity index (χ0v) is 9.75. The molecule has 0 unspecified atom stereocenters. The zero-order chi connectivity index (χ0) is 11.1. The first-order valence-corrected chi connectivity index (χ1v) is 5.69. The summed E-state index contributed by atoms with van der Waals surface area (Å²) in [5.41, 5.74) is -0.388. The molecule has 0 saturated carbocycles. The Bertz CT molecular complexity index is 252. The van der Waals surface area contributed by atoms with Gasteiger partial charge in [0.15, 0.2) is 0 Å². The lowest BCUT2D eigenvalue weighted by Gasteiger charge is -2.45. The molecule has 0 aliphatic carbocycles. The number of piperazine rings is 1. The Labute approximate surface area is 91.0 Å². The number of hydrogen-bond donors (Lipinski definition) is 1. The quantitative estimate of drug-likeness (QED) is 0.659. The fourth-order valence-electron chi connectivity index (χ4n) is 2.25. The first-order chi connectivity index (χ1) is 6.96. The minimum atomic E-state index is -0.388. The van der Waals surface area contributed by atoms with Gasteiger partial charge in [-0.15, -0.1) is 0 Å². The molecule has 0 aromatic heterocycles. The van der Waals surface area contributed by atoms with Crippen LogP contribution in [0.5, 0.6) is 0 Å². The molecule has 0 radical (unpaired) electrons. The van der Waals surface area contributed by atoms with E-state index >= 15 is 0 Å². The highest BCUT2D eigenvalue weighted by molar-refractivity contribution is 5.69. The van der Waals surface area contributed by atoms with Crippen molar-refractivity contribution >= 4 is 6.09 Å². The van der Waals surface area contributed by atoms with Gasteiger partial charge in [0, 0.05) is 25.2 Å². The lowest BCUT2D eigenvalue weighted by molar-refractivity contribution is -0.00406. The van der Waals surface area contributed by atoms with Crippen molar-refractivity contribution in [2.75, 3.05) is 13.1 Å². The Kier molecular flexibility index (Phi) is 2.63. The van der Waals surface area contributed by atoms with Gasteiger partial charge in [0.1, 0.15) is 5.60 Å². The lowest BCUT2D eigenvalue weighted by atomic mass is 9.93. The van der Waals surface area contributed by atoms with Crippen molar-refractivity contribution in [2.24, 2.45) is 0 Å². The van der Waals surface area contributed by atoms with Crippen molar-refractivity contribution in [3.8, 4) is 0 Å². The molecule has 1 N–H and O–H groups in total. The van der Waals surface area contributed by atoms with Gasteiger partial charge in [-0.2, -0.15) is 0 Å². The molecule has 3 saturated heterocycles. The Balaban J connectivity index is 1.96. The van der Waals surface area contributed by atoms with E-state index in [-0.39, 0.29) is 11.7 Å². The van der Waals surface area contributed by atoms with E-state index in [4.69, 9.17) is 4.74 Å². The average molecular weight is 212 g/mol. The van der Waals surface area contributed by atoms with Crippen molar-refractivity contribution in [1.29, 1.82) is 0 Å². The van der Waals surface area contributed by atoms with E-state index in [2.05, 4.69) is 5.32 Å². The van der Waals surface area contributed by atoms with Gasteiger partial charge in [-0.3, -0.25) is 0 Å². The van der Waals surface area contributed by atoms with Crippen molar-refractivity contribution < 1.29 is 9.53 Å². The van der Waals surface area contributed by atoms with Crippen molar-refractivity contribution in [1.82, 2.24) is 10.2 Å². The van der Waals surface area contributed by atoms with Gasteiger partial charge in [0.2, 0.25) is 0 Å². The van der Waals surface area contributed by atoms with Gasteiger partial charge >= 0.3 is 6.09 Å². The van der Waals surface area contributed by atoms with Crippen LogP contribution in [0.1, 0.15) is 33.6 Å². The van der Waals surface area contributed by atoms with Gasteiger partial charge in [-0.25, -0.2) is 4.79 Å². The van der Waals surface area contributed by atoms with Gasteiger partial charge in [0.25, 0.3) is 0 Å². The number of hydrogen-bond acceptors (Lipinski definition) is 3. The third kappa shape index (κ3) is 2.43. The molecule has 2 atom stereocenters. The van der Waals surface area contributed by atoms with Gasteiger partial charge in [-0.1, -0.05) is 0 Å². The highest BCUT2D eigenvalue weighted by Gasteiger charge is 2.37. The predicted octanol–water partition coefficient (Wildman–Crippen LogP) is 1.36. The summed E-state index contributed by atoms with van der Waals surface area (Å²) in [6.07, 6.45) is 2.14. The van der Waals surface area contributed by atoms with E-state index in [9.17, 15) is 4.79 Å². The van der Waals surface area contributed by atoms with Crippen molar-refractivity contribution in [3.05, 3.63) is 0 Å². The summed E-state index contributed by atoms with van der Waals surface area (Å²) in [4.78, 5) is 13.8. The van der Waals surface area contributed by atoms with E-state index in [0.29, 0.717) is 12.1 Å². The number of rotatable bonds is 0. The molecule has 4 heteroatoms. The maximum atomic E-state index is 11.9. The van der Waals surface area contributed by atoms with E-state index in [1.807, 2.05) is 25.7 Å². The summed E-state index contributed by atoms with van der Waals surface area (Å²) in [7, 11) is 0. The Morgan fingerprint density at radius 3 is 2.53 bits per heavy atom. The number of nitrogens with one attached hydrogen (secondary N) is 1. The molecule has 2 bridgehead atoms. The Hall–Kier alpha value is -0.770. The summed E-state index contributed by atoms with van der Waals surface area (Å²) in [6.45, 7) is 7.45. The van der Waals surface area contributed by atoms with Crippen LogP contribution >= 0.6 is 0 Å². The fraction of sp³-hybridized carbons (Fsp3) is 0.909. The smallest absolute Gasteiger partial charge is 0.410 e. The molecule has 0 spiro atoms. The summed E-state index contributed by atoms with van der Waals surface area (Å²) >= 11 is 0. The van der Waals surface area contributed by atoms with Crippen LogP contribution in [0.3, 0.4) is 0 Å². The SMILES string of the molecule is CC(C)(C)OC(=O)N1C[C@H]2CC[C@H]1CN2. The molecule has 0 aromatic carbocycles. The third-order valence-corrected chi connectivity index (χ3v) is 2.98.